The van der Waals surface area contributed by atoms with Crippen LogP contribution in [0.1, 0.15) is 97.8 Å². The van der Waals surface area contributed by atoms with Gasteiger partial charge in [0.2, 0.25) is 0 Å². The van der Waals surface area contributed by atoms with E-state index in [0.29, 0.717) is 11.5 Å². The predicted octanol–water partition coefficient (Wildman–Crippen LogP) is 6.91. The lowest BCUT2D eigenvalue weighted by Gasteiger charge is -2.02. The lowest BCUT2D eigenvalue weighted by Crippen LogP contribution is -1.93. The van der Waals surface area contributed by atoms with Crippen LogP contribution in [0.3, 0.4) is 0 Å². The lowest BCUT2D eigenvalue weighted by molar-refractivity contribution is -0.110. The van der Waals surface area contributed by atoms with Crippen LogP contribution in [0.4, 0.5) is 0 Å². The van der Waals surface area contributed by atoms with Crippen molar-refractivity contribution in [3.05, 3.63) is 11.6 Å². The minimum atomic E-state index is 0.364. The molecule has 0 aliphatic heterocycles. The molecule has 0 unspecified atom stereocenters. The van der Waals surface area contributed by atoms with E-state index in [2.05, 4.69) is 26.8 Å². The van der Waals surface area contributed by atoms with Crippen LogP contribution in [0.15, 0.2) is 11.6 Å². The average molecular weight is 313 g/mol. The Balaban J connectivity index is 3.18. The van der Waals surface area contributed by atoms with Gasteiger partial charge in [-0.1, -0.05) is 88.1 Å². The normalized spacial score (nSPS) is 10.6. The van der Waals surface area contributed by atoms with Crippen molar-refractivity contribution in [2.75, 3.05) is 5.75 Å². The highest BCUT2D eigenvalue weighted by Gasteiger charge is 2.01. The van der Waals surface area contributed by atoms with Crippen LogP contribution in [0.25, 0.3) is 0 Å². The molecule has 0 saturated carbocycles. The molecule has 0 heterocycles. The van der Waals surface area contributed by atoms with Gasteiger partial charge in [-0.2, -0.15) is 0 Å². The number of rotatable bonds is 14. The molecule has 1 nitrogen and oxygen atoms in total. The van der Waals surface area contributed by atoms with E-state index in [1.165, 1.54) is 81.5 Å². The molecule has 2 heteroatoms. The van der Waals surface area contributed by atoms with E-state index < -0.39 is 0 Å². The van der Waals surface area contributed by atoms with Crippen LogP contribution in [-0.4, -0.2) is 10.9 Å². The number of hydrogen-bond acceptors (Lipinski definition) is 2. The molecule has 0 rings (SSSR count). The Morgan fingerprint density at radius 2 is 1.38 bits per heavy atom. The molecule has 0 spiro atoms. The minimum absolute atomic E-state index is 0.364. The van der Waals surface area contributed by atoms with Crippen molar-refractivity contribution in [2.24, 2.45) is 0 Å². The number of carbonyl (C=O) groups is 1. The fraction of sp³-hybridized carbons (Fsp3) is 0.842. The van der Waals surface area contributed by atoms with Crippen LogP contribution >= 0.6 is 11.8 Å². The van der Waals surface area contributed by atoms with E-state index in [9.17, 15) is 4.79 Å². The molecule has 0 aromatic rings. The zero-order valence-corrected chi connectivity index (χ0v) is 15.4. The summed E-state index contributed by atoms with van der Waals surface area (Å²) in [6, 6.07) is 0. The Bertz CT molecular complexity index is 267. The van der Waals surface area contributed by atoms with Crippen molar-refractivity contribution in [1.82, 2.24) is 0 Å². The highest BCUT2D eigenvalue weighted by Crippen LogP contribution is 2.14. The highest BCUT2D eigenvalue weighted by molar-refractivity contribution is 8.13. The minimum Gasteiger partial charge on any atom is -0.287 e. The first-order chi connectivity index (χ1) is 10.2. The summed E-state index contributed by atoms with van der Waals surface area (Å²) in [7, 11) is 0. The van der Waals surface area contributed by atoms with Gasteiger partial charge in [0.15, 0.2) is 5.12 Å². The second-order valence-corrected chi connectivity index (χ2v) is 7.37. The molecule has 0 aromatic heterocycles. The van der Waals surface area contributed by atoms with E-state index >= 15 is 0 Å². The molecule has 0 aliphatic carbocycles. The van der Waals surface area contributed by atoms with Crippen LogP contribution in [-0.2, 0) is 4.79 Å². The Morgan fingerprint density at radius 3 is 1.90 bits per heavy atom. The van der Waals surface area contributed by atoms with Gasteiger partial charge in [0.05, 0.1) is 0 Å². The Kier molecular flexibility index (Phi) is 16.0. The highest BCUT2D eigenvalue weighted by atomic mass is 32.2. The molecule has 0 amide bonds. The SMILES string of the molecule is CCCCCCCCCCCCSC(=O)CCC=C(C)C. The lowest BCUT2D eigenvalue weighted by atomic mass is 10.1. The second-order valence-electron chi connectivity index (χ2n) is 6.22. The Hall–Kier alpha value is -0.240. The van der Waals surface area contributed by atoms with Crippen LogP contribution < -0.4 is 0 Å². The van der Waals surface area contributed by atoms with Crippen LogP contribution in [0, 0.1) is 0 Å². The average Bonchev–Trinajstić information content (AvgIpc) is 2.44. The summed E-state index contributed by atoms with van der Waals surface area (Å²) >= 11 is 1.54. The van der Waals surface area contributed by atoms with Crippen molar-refractivity contribution in [1.29, 1.82) is 0 Å². The van der Waals surface area contributed by atoms with E-state index in [1.807, 2.05) is 0 Å². The summed E-state index contributed by atoms with van der Waals surface area (Å²) in [5, 5.41) is 0.364. The Labute approximate surface area is 137 Å². The number of hydrogen-bond donors (Lipinski definition) is 0. The molecule has 0 saturated heterocycles. The number of carbonyl (C=O) groups excluding carboxylic acids is 1. The summed E-state index contributed by atoms with van der Waals surface area (Å²) in [4.78, 5) is 11.6. The summed E-state index contributed by atoms with van der Waals surface area (Å²) in [6.45, 7) is 6.44. The smallest absolute Gasteiger partial charge is 0.189 e. The van der Waals surface area contributed by atoms with Gasteiger partial charge in [0.1, 0.15) is 0 Å². The third kappa shape index (κ3) is 17.7. The molecular weight excluding hydrogens is 276 g/mol. The van der Waals surface area contributed by atoms with E-state index in [0.717, 1.165) is 12.2 Å². The molecule has 0 aromatic carbocycles. The number of unbranched alkanes of at least 4 members (excludes halogenated alkanes) is 9. The maximum absolute atomic E-state index is 11.6. The van der Waals surface area contributed by atoms with Gasteiger partial charge in [0.25, 0.3) is 0 Å². The van der Waals surface area contributed by atoms with E-state index in [1.54, 1.807) is 0 Å². The third-order valence-corrected chi connectivity index (χ3v) is 4.68. The van der Waals surface area contributed by atoms with Gasteiger partial charge in [-0.15, -0.1) is 0 Å². The zero-order chi connectivity index (χ0) is 15.8. The summed E-state index contributed by atoms with van der Waals surface area (Å²) < 4.78 is 0. The molecule has 0 bridgehead atoms. The maximum Gasteiger partial charge on any atom is 0.189 e. The van der Waals surface area contributed by atoms with Crippen LogP contribution in [0.5, 0.6) is 0 Å². The van der Waals surface area contributed by atoms with Crippen molar-refractivity contribution >= 4 is 16.9 Å². The number of thioether (sulfide) groups is 1. The monoisotopic (exact) mass is 312 g/mol. The van der Waals surface area contributed by atoms with Crippen molar-refractivity contribution < 1.29 is 4.79 Å². The fourth-order valence-corrected chi connectivity index (χ4v) is 3.16. The van der Waals surface area contributed by atoms with Crippen molar-refractivity contribution in [2.45, 2.75) is 97.8 Å². The molecule has 124 valence electrons. The van der Waals surface area contributed by atoms with Gasteiger partial charge < -0.3 is 0 Å². The predicted molar refractivity (Wildman–Crippen MR) is 98.0 cm³/mol. The van der Waals surface area contributed by atoms with Gasteiger partial charge in [-0.25, -0.2) is 0 Å². The first-order valence-corrected chi connectivity index (χ1v) is 9.94. The summed E-state index contributed by atoms with van der Waals surface area (Å²) in [5.74, 6) is 1.02. The van der Waals surface area contributed by atoms with E-state index in [-0.39, 0.29) is 0 Å². The molecule has 0 fully saturated rings. The number of allylic oxidation sites excluding steroid dienone is 2. The molecular formula is C19H36OS. The zero-order valence-electron chi connectivity index (χ0n) is 14.6. The van der Waals surface area contributed by atoms with Gasteiger partial charge in [-0.3, -0.25) is 4.79 Å². The van der Waals surface area contributed by atoms with Gasteiger partial charge in [-0.05, 0) is 26.7 Å². The first kappa shape index (κ1) is 20.8. The van der Waals surface area contributed by atoms with Crippen molar-refractivity contribution in [3.63, 3.8) is 0 Å². The third-order valence-electron chi connectivity index (χ3n) is 3.66. The molecule has 0 radical (unpaired) electrons. The molecule has 21 heavy (non-hydrogen) atoms. The second kappa shape index (κ2) is 16.1. The van der Waals surface area contributed by atoms with E-state index in [4.69, 9.17) is 0 Å². The largest absolute Gasteiger partial charge is 0.287 e. The standard InChI is InChI=1S/C19H36OS/c1-4-5-6-7-8-9-10-11-12-13-17-21-19(20)16-14-15-18(2)3/h15H,4-14,16-17H2,1-3H3. The summed E-state index contributed by atoms with van der Waals surface area (Å²) in [6.07, 6.45) is 17.4. The van der Waals surface area contributed by atoms with Crippen LogP contribution in [0.2, 0.25) is 0 Å². The Morgan fingerprint density at radius 1 is 0.857 bits per heavy atom. The quantitative estimate of drug-likeness (QED) is 0.256. The molecule has 0 N–H and O–H groups in total. The molecule has 0 atom stereocenters. The summed E-state index contributed by atoms with van der Waals surface area (Å²) in [5.41, 5.74) is 1.31. The fourth-order valence-electron chi connectivity index (χ4n) is 2.33. The topological polar surface area (TPSA) is 17.1 Å². The maximum atomic E-state index is 11.6. The first-order valence-electron chi connectivity index (χ1n) is 8.95. The molecule has 0 aliphatic rings. The van der Waals surface area contributed by atoms with Crippen molar-refractivity contribution in [3.8, 4) is 0 Å². The van der Waals surface area contributed by atoms with Gasteiger partial charge >= 0.3 is 0 Å². The van der Waals surface area contributed by atoms with Gasteiger partial charge in [0, 0.05) is 12.2 Å².